The van der Waals surface area contributed by atoms with Crippen LogP contribution in [0.4, 0.5) is 0 Å². The number of aryl methyl sites for hydroxylation is 2. The van der Waals surface area contributed by atoms with Crippen LogP contribution < -0.4 is 5.73 Å². The van der Waals surface area contributed by atoms with Crippen LogP contribution in [0.15, 0.2) is 15.0 Å². The minimum Gasteiger partial charge on any atom is -0.439 e. The molecule has 0 bridgehead atoms. The van der Waals surface area contributed by atoms with Gasteiger partial charge in [0.1, 0.15) is 5.76 Å². The Hall–Kier alpha value is -1.62. The second kappa shape index (κ2) is 3.86. The third-order valence-corrected chi connectivity index (χ3v) is 2.15. The molecule has 0 aliphatic heterocycles. The van der Waals surface area contributed by atoms with E-state index in [0.717, 1.165) is 11.5 Å². The van der Waals surface area contributed by atoms with Gasteiger partial charge in [-0.1, -0.05) is 0 Å². The first-order valence-corrected chi connectivity index (χ1v) is 4.80. The van der Waals surface area contributed by atoms with Crippen molar-refractivity contribution in [1.82, 2.24) is 9.97 Å². The van der Waals surface area contributed by atoms with Gasteiger partial charge in [-0.2, -0.15) is 0 Å². The van der Waals surface area contributed by atoms with Gasteiger partial charge in [-0.3, -0.25) is 0 Å². The van der Waals surface area contributed by atoms with Crippen molar-refractivity contribution in [3.05, 3.63) is 23.5 Å². The van der Waals surface area contributed by atoms with E-state index in [-0.39, 0.29) is 0 Å². The molecular weight excluding hydrogens is 194 g/mol. The van der Waals surface area contributed by atoms with E-state index in [2.05, 4.69) is 9.97 Å². The Bertz CT molecular complexity index is 439. The van der Waals surface area contributed by atoms with Crippen LogP contribution in [-0.2, 0) is 6.42 Å². The van der Waals surface area contributed by atoms with Gasteiger partial charge in [0.25, 0.3) is 5.89 Å². The summed E-state index contributed by atoms with van der Waals surface area (Å²) in [6, 6.07) is 0. The maximum Gasteiger partial charge on any atom is 0.265 e. The summed E-state index contributed by atoms with van der Waals surface area (Å²) in [7, 11) is 0. The molecular formula is C10H13N3O2. The van der Waals surface area contributed by atoms with Crippen molar-refractivity contribution >= 4 is 0 Å². The Morgan fingerprint density at radius 3 is 2.73 bits per heavy atom. The number of aromatic nitrogens is 2. The van der Waals surface area contributed by atoms with Crippen LogP contribution in [0.3, 0.4) is 0 Å². The average Bonchev–Trinajstić information content (AvgIpc) is 2.76. The molecule has 2 N–H and O–H groups in total. The summed E-state index contributed by atoms with van der Waals surface area (Å²) < 4.78 is 10.8. The molecule has 2 rings (SSSR count). The molecule has 0 saturated heterocycles. The summed E-state index contributed by atoms with van der Waals surface area (Å²) in [6.07, 6.45) is 2.23. The smallest absolute Gasteiger partial charge is 0.265 e. The predicted octanol–water partition coefficient (Wildman–Crippen LogP) is 1.45. The minimum absolute atomic E-state index is 0.473. The summed E-state index contributed by atoms with van der Waals surface area (Å²) in [5.74, 6) is 2.43. The first-order valence-electron chi connectivity index (χ1n) is 4.80. The van der Waals surface area contributed by atoms with Crippen LogP contribution >= 0.6 is 0 Å². The van der Waals surface area contributed by atoms with E-state index >= 15 is 0 Å². The third kappa shape index (κ3) is 1.92. The highest BCUT2D eigenvalue weighted by molar-refractivity contribution is 5.43. The number of hydrogen-bond donors (Lipinski definition) is 1. The first-order chi connectivity index (χ1) is 7.20. The van der Waals surface area contributed by atoms with Crippen molar-refractivity contribution in [2.75, 3.05) is 6.54 Å². The number of rotatable bonds is 3. The first kappa shape index (κ1) is 9.92. The van der Waals surface area contributed by atoms with Gasteiger partial charge < -0.3 is 14.6 Å². The molecule has 0 atom stereocenters. The SMILES string of the molecule is Cc1nc(-c2cnc(CCN)o2)oc1C. The Morgan fingerprint density at radius 2 is 2.13 bits per heavy atom. The normalized spacial score (nSPS) is 10.9. The van der Waals surface area contributed by atoms with Crippen LogP contribution in [0.5, 0.6) is 0 Å². The number of nitrogens with zero attached hydrogens (tertiary/aromatic N) is 2. The second-order valence-electron chi connectivity index (χ2n) is 3.32. The van der Waals surface area contributed by atoms with E-state index in [1.165, 1.54) is 0 Å². The van der Waals surface area contributed by atoms with Crippen molar-refractivity contribution in [3.8, 4) is 11.7 Å². The summed E-state index contributed by atoms with van der Waals surface area (Å²) in [6.45, 7) is 4.27. The molecule has 80 valence electrons. The molecule has 0 amide bonds. The largest absolute Gasteiger partial charge is 0.439 e. The van der Waals surface area contributed by atoms with E-state index in [9.17, 15) is 0 Å². The maximum absolute atomic E-state index is 5.43. The fraction of sp³-hybridized carbons (Fsp3) is 0.400. The van der Waals surface area contributed by atoms with Gasteiger partial charge in [0.2, 0.25) is 5.76 Å². The van der Waals surface area contributed by atoms with Gasteiger partial charge in [0.15, 0.2) is 5.89 Å². The topological polar surface area (TPSA) is 78.1 Å². The molecule has 2 aromatic rings. The molecule has 5 heteroatoms. The predicted molar refractivity (Wildman–Crippen MR) is 54.2 cm³/mol. The van der Waals surface area contributed by atoms with Crippen molar-refractivity contribution < 1.29 is 8.83 Å². The zero-order valence-corrected chi connectivity index (χ0v) is 8.78. The van der Waals surface area contributed by atoms with Gasteiger partial charge in [-0.05, 0) is 13.8 Å². The lowest BCUT2D eigenvalue weighted by molar-refractivity contribution is 0.471. The molecule has 0 saturated carbocycles. The van der Waals surface area contributed by atoms with Crippen LogP contribution in [-0.4, -0.2) is 16.5 Å². The zero-order chi connectivity index (χ0) is 10.8. The molecule has 0 radical (unpaired) electrons. The molecule has 2 aromatic heterocycles. The Morgan fingerprint density at radius 1 is 1.33 bits per heavy atom. The van der Waals surface area contributed by atoms with E-state index in [1.807, 2.05) is 13.8 Å². The van der Waals surface area contributed by atoms with Crippen LogP contribution in [0.2, 0.25) is 0 Å². The van der Waals surface area contributed by atoms with Gasteiger partial charge >= 0.3 is 0 Å². The monoisotopic (exact) mass is 207 g/mol. The standard InChI is InChI=1S/C10H13N3O2/c1-6-7(2)14-10(13-6)8-5-12-9(15-8)3-4-11/h5H,3-4,11H2,1-2H3. The summed E-state index contributed by atoms with van der Waals surface area (Å²) in [5, 5.41) is 0. The second-order valence-corrected chi connectivity index (χ2v) is 3.32. The molecule has 5 nitrogen and oxygen atoms in total. The van der Waals surface area contributed by atoms with Gasteiger partial charge in [0, 0.05) is 13.0 Å². The van der Waals surface area contributed by atoms with Crippen molar-refractivity contribution in [3.63, 3.8) is 0 Å². The van der Waals surface area contributed by atoms with Gasteiger partial charge in [-0.25, -0.2) is 9.97 Å². The van der Waals surface area contributed by atoms with Crippen molar-refractivity contribution in [1.29, 1.82) is 0 Å². The maximum atomic E-state index is 5.43. The molecule has 0 spiro atoms. The summed E-state index contributed by atoms with van der Waals surface area (Å²) in [5.41, 5.74) is 6.26. The Labute approximate surface area is 87.3 Å². The molecule has 2 heterocycles. The quantitative estimate of drug-likeness (QED) is 0.824. The fourth-order valence-corrected chi connectivity index (χ4v) is 1.23. The zero-order valence-electron chi connectivity index (χ0n) is 8.78. The van der Waals surface area contributed by atoms with Crippen LogP contribution in [0.25, 0.3) is 11.7 Å². The number of nitrogens with two attached hydrogens (primary N) is 1. The van der Waals surface area contributed by atoms with Gasteiger partial charge in [0.05, 0.1) is 11.9 Å². The van der Waals surface area contributed by atoms with E-state index < -0.39 is 0 Å². The Kier molecular flexibility index (Phi) is 2.55. The highest BCUT2D eigenvalue weighted by Gasteiger charge is 2.12. The summed E-state index contributed by atoms with van der Waals surface area (Å²) >= 11 is 0. The lowest BCUT2D eigenvalue weighted by Crippen LogP contribution is -2.02. The molecule has 0 unspecified atom stereocenters. The van der Waals surface area contributed by atoms with Gasteiger partial charge in [-0.15, -0.1) is 0 Å². The molecule has 0 aliphatic carbocycles. The van der Waals surface area contributed by atoms with E-state index in [4.69, 9.17) is 14.6 Å². The third-order valence-electron chi connectivity index (χ3n) is 2.15. The van der Waals surface area contributed by atoms with Crippen molar-refractivity contribution in [2.24, 2.45) is 5.73 Å². The molecule has 0 aromatic carbocycles. The van der Waals surface area contributed by atoms with E-state index in [0.29, 0.717) is 30.5 Å². The van der Waals surface area contributed by atoms with Crippen LogP contribution in [0.1, 0.15) is 17.3 Å². The number of hydrogen-bond acceptors (Lipinski definition) is 5. The Balaban J connectivity index is 2.28. The molecule has 0 fully saturated rings. The summed E-state index contributed by atoms with van der Waals surface area (Å²) in [4.78, 5) is 8.30. The highest BCUT2D eigenvalue weighted by atomic mass is 16.4. The molecule has 0 aliphatic rings. The fourth-order valence-electron chi connectivity index (χ4n) is 1.23. The van der Waals surface area contributed by atoms with Crippen LogP contribution in [0, 0.1) is 13.8 Å². The van der Waals surface area contributed by atoms with Crippen molar-refractivity contribution in [2.45, 2.75) is 20.3 Å². The highest BCUT2D eigenvalue weighted by Crippen LogP contribution is 2.21. The van der Waals surface area contributed by atoms with E-state index in [1.54, 1.807) is 6.20 Å². The number of oxazole rings is 2. The molecule has 15 heavy (non-hydrogen) atoms. The minimum atomic E-state index is 0.473. The lowest BCUT2D eigenvalue weighted by atomic mass is 10.4. The lowest BCUT2D eigenvalue weighted by Gasteiger charge is -1.88. The average molecular weight is 207 g/mol.